The molecule has 0 spiro atoms. The summed E-state index contributed by atoms with van der Waals surface area (Å²) in [4.78, 5) is 147. The molecule has 1 aliphatic heterocycles. The van der Waals surface area contributed by atoms with Gasteiger partial charge in [0.15, 0.2) is 0 Å². The molecule has 3 aromatic rings. The van der Waals surface area contributed by atoms with Gasteiger partial charge in [0.1, 0.15) is 67.9 Å². The second-order valence-corrected chi connectivity index (χ2v) is 15.8. The largest absolute Gasteiger partial charge is 0.488 e. The first-order chi connectivity index (χ1) is 37.0. The summed E-state index contributed by atoms with van der Waals surface area (Å²) in [7, 11) is 0. The van der Waals surface area contributed by atoms with Crippen LogP contribution in [0.15, 0.2) is 46.5 Å². The van der Waals surface area contributed by atoms with E-state index in [1.54, 1.807) is 19.1 Å². The number of aryl methyl sites for hydroxylation is 1. The topological polar surface area (TPSA) is 343 Å². The number of amides is 1. The Hall–Kier alpha value is -9.10. The molecule has 1 amide bonds. The maximum Gasteiger partial charge on any atom is 0.328 e. The van der Waals surface area contributed by atoms with Gasteiger partial charge in [0.25, 0.3) is 0 Å². The smallest absolute Gasteiger partial charge is 0.328 e. The minimum absolute atomic E-state index is 0.0256. The summed E-state index contributed by atoms with van der Waals surface area (Å²) in [6.07, 6.45) is 1.16. The number of fused-ring (bicyclic) bond motifs is 1. The normalized spacial score (nSPS) is 12.3. The Kier molecular flexibility index (Phi) is 24.0. The minimum Gasteiger partial charge on any atom is -0.488 e. The molecule has 0 unspecified atom stereocenters. The molecule has 0 bridgehead atoms. The Balaban J connectivity index is 1.76. The van der Waals surface area contributed by atoms with Crippen molar-refractivity contribution >= 4 is 111 Å². The number of nitrogens with zero attached hydrogens (tertiary/aromatic N) is 4. The lowest BCUT2D eigenvalue weighted by Gasteiger charge is -2.26. The number of benzene rings is 2. The van der Waals surface area contributed by atoms with Gasteiger partial charge in [0.2, 0.25) is 45.9 Å². The maximum atomic E-state index is 13.7. The zero-order valence-corrected chi connectivity index (χ0v) is 43.7. The Morgan fingerprint density at radius 1 is 0.513 bits per heavy atom. The van der Waals surface area contributed by atoms with Crippen molar-refractivity contribution in [3.8, 4) is 11.5 Å². The summed E-state index contributed by atoms with van der Waals surface area (Å²) in [5.74, 6) is -9.42. The molecule has 0 atom stereocenters. The third-order valence-corrected chi connectivity index (χ3v) is 9.69. The van der Waals surface area contributed by atoms with Crippen LogP contribution in [-0.2, 0) is 110 Å². The number of anilines is 2. The molecule has 1 aromatic heterocycles. The molecule has 4 rings (SSSR count). The number of furan rings is 1. The molecule has 0 saturated carbocycles. The highest BCUT2D eigenvalue weighted by atomic mass is 32.1. The van der Waals surface area contributed by atoms with Crippen molar-refractivity contribution in [1.82, 2.24) is 10.1 Å². The van der Waals surface area contributed by atoms with Crippen LogP contribution in [0.5, 0.6) is 11.5 Å². The zero-order valence-electron chi connectivity index (χ0n) is 42.8. The standard InChI is InChI=1S/C47H52N4O26S/c1-27-8-9-36(48(17-42(58)71-21-65-28(2)52)18-43(59)72-22-66-29(3)53)40(12-27)63-10-11-64-41-14-34-13-35(15-38-46(62)51(76-26-70-33(7)57)47(78)50(38)75-25-69-32(6)56)77-39(34)16-37(41)49(19-44(60)73-23-67-30(4)54)20-45(61)74-24-68-31(5)55/h8-9,12-16H,10-11,17-26H2,1-7H3/b38-15+. The van der Waals surface area contributed by atoms with E-state index in [-0.39, 0.29) is 58.5 Å². The second-order valence-electron chi connectivity index (χ2n) is 15.4. The van der Waals surface area contributed by atoms with Crippen LogP contribution < -0.4 is 19.3 Å². The lowest BCUT2D eigenvalue weighted by atomic mass is 10.2. The Morgan fingerprint density at radius 2 is 0.910 bits per heavy atom. The average Bonchev–Trinajstić information content (AvgIpc) is 3.94. The Bertz CT molecular complexity index is 2710. The first kappa shape index (κ1) is 61.4. The van der Waals surface area contributed by atoms with E-state index in [1.165, 1.54) is 29.2 Å². The number of esters is 10. The average molecular weight is 1120 g/mol. The van der Waals surface area contributed by atoms with E-state index in [0.717, 1.165) is 57.6 Å². The van der Waals surface area contributed by atoms with Crippen LogP contribution in [0, 0.1) is 6.92 Å². The van der Waals surface area contributed by atoms with Crippen LogP contribution in [0.1, 0.15) is 52.9 Å². The van der Waals surface area contributed by atoms with Crippen LogP contribution in [-0.4, -0.2) is 161 Å². The van der Waals surface area contributed by atoms with Gasteiger partial charge in [-0.25, -0.2) is 9.68 Å². The monoisotopic (exact) mass is 1120 g/mol. The first-order valence-corrected chi connectivity index (χ1v) is 22.9. The van der Waals surface area contributed by atoms with E-state index >= 15 is 0 Å². The molecule has 1 aliphatic rings. The third kappa shape index (κ3) is 20.6. The SMILES string of the molecule is CC(=O)OCOC(=O)CN(CC(=O)OCOC(C)=O)c1ccc(C)cc1OCCOc1cc2cc(/C=C3\C(=O)N(OCOC(C)=O)C(=S)N3OCOC(C)=O)oc2cc1N(CC(=O)OCOC(C)=O)CC(=O)OCOC(C)=O. The van der Waals surface area contributed by atoms with Crippen LogP contribution in [0.25, 0.3) is 17.0 Å². The Morgan fingerprint density at radius 3 is 1.35 bits per heavy atom. The quantitative estimate of drug-likeness (QED) is 0.0229. The van der Waals surface area contributed by atoms with Crippen molar-refractivity contribution in [3.05, 3.63) is 53.4 Å². The number of carbonyl (C=O) groups excluding carboxylic acids is 11. The Labute approximate surface area is 447 Å². The molecule has 1 fully saturated rings. The summed E-state index contributed by atoms with van der Waals surface area (Å²) < 4.78 is 67.0. The maximum absolute atomic E-state index is 13.7. The molecule has 1 saturated heterocycles. The lowest BCUT2D eigenvalue weighted by molar-refractivity contribution is -0.198. The van der Waals surface area contributed by atoms with E-state index in [2.05, 4.69) is 9.47 Å². The lowest BCUT2D eigenvalue weighted by Crippen LogP contribution is -2.37. The van der Waals surface area contributed by atoms with Crippen LogP contribution in [0.3, 0.4) is 0 Å². The molecule has 0 N–H and O–H groups in total. The highest BCUT2D eigenvalue weighted by Gasteiger charge is 2.42. The third-order valence-electron chi connectivity index (χ3n) is 9.36. The zero-order chi connectivity index (χ0) is 57.5. The number of rotatable bonds is 30. The van der Waals surface area contributed by atoms with Gasteiger partial charge in [-0.1, -0.05) is 6.07 Å². The van der Waals surface area contributed by atoms with Crippen molar-refractivity contribution in [1.29, 1.82) is 0 Å². The number of hydrogen-bond donors (Lipinski definition) is 0. The van der Waals surface area contributed by atoms with Gasteiger partial charge in [-0.3, -0.25) is 52.7 Å². The molecule has 31 heteroatoms. The summed E-state index contributed by atoms with van der Waals surface area (Å²) >= 11 is 5.35. The van der Waals surface area contributed by atoms with Gasteiger partial charge in [-0.15, -0.1) is 5.06 Å². The number of hydroxylamine groups is 4. The molecule has 2 heterocycles. The second kappa shape index (κ2) is 30.5. The van der Waals surface area contributed by atoms with Gasteiger partial charge >= 0.3 is 65.6 Å². The molecular weight excluding hydrogens is 1070 g/mol. The summed E-state index contributed by atoms with van der Waals surface area (Å²) in [6, 6.07) is 8.88. The predicted octanol–water partition coefficient (Wildman–Crippen LogP) is 1.74. The molecule has 0 aliphatic carbocycles. The molecule has 422 valence electrons. The van der Waals surface area contributed by atoms with Gasteiger partial charge < -0.3 is 71.1 Å². The molecular formula is C47H52N4O26S. The van der Waals surface area contributed by atoms with Crippen molar-refractivity contribution < 1.29 is 124 Å². The van der Waals surface area contributed by atoms with E-state index in [0.29, 0.717) is 10.6 Å². The fourth-order valence-electron chi connectivity index (χ4n) is 6.06. The minimum atomic E-state index is -1.03. The fourth-order valence-corrected chi connectivity index (χ4v) is 6.35. The van der Waals surface area contributed by atoms with Crippen molar-refractivity contribution in [2.45, 2.75) is 48.5 Å². The van der Waals surface area contributed by atoms with Gasteiger partial charge in [0.05, 0.1) is 11.4 Å². The fraction of sp³-hybridized carbons (Fsp3) is 0.404. The van der Waals surface area contributed by atoms with E-state index in [9.17, 15) is 52.7 Å². The van der Waals surface area contributed by atoms with Gasteiger partial charge in [0, 0.05) is 59.1 Å². The highest BCUT2D eigenvalue weighted by molar-refractivity contribution is 7.80. The van der Waals surface area contributed by atoms with Crippen molar-refractivity contribution in [2.24, 2.45) is 0 Å². The van der Waals surface area contributed by atoms with E-state index < -0.39 is 138 Å². The number of hydrogen-bond acceptors (Lipinski definition) is 29. The van der Waals surface area contributed by atoms with E-state index in [4.69, 9.17) is 73.7 Å². The summed E-state index contributed by atoms with van der Waals surface area (Å²) in [6.45, 7) is 0.394. The van der Waals surface area contributed by atoms with E-state index in [1.807, 2.05) is 0 Å². The first-order valence-electron chi connectivity index (χ1n) is 22.5. The van der Waals surface area contributed by atoms with Gasteiger partial charge in [-0.2, -0.15) is 5.06 Å². The summed E-state index contributed by atoms with van der Waals surface area (Å²) in [5.41, 5.74) is 0.418. The van der Waals surface area contributed by atoms with Crippen LogP contribution in [0.2, 0.25) is 0 Å². The highest BCUT2D eigenvalue weighted by Crippen LogP contribution is 2.37. The predicted molar refractivity (Wildman–Crippen MR) is 258 cm³/mol. The van der Waals surface area contributed by atoms with Crippen molar-refractivity contribution in [2.75, 3.05) is 90.0 Å². The van der Waals surface area contributed by atoms with Crippen LogP contribution in [0.4, 0.5) is 11.4 Å². The van der Waals surface area contributed by atoms with Crippen molar-refractivity contribution in [3.63, 3.8) is 0 Å². The summed E-state index contributed by atoms with van der Waals surface area (Å²) in [5, 5.41) is 1.17. The van der Waals surface area contributed by atoms with Crippen LogP contribution >= 0.6 is 12.2 Å². The number of thiocarbonyl (C=S) groups is 1. The number of carbonyl (C=O) groups is 11. The molecule has 2 aromatic carbocycles. The van der Waals surface area contributed by atoms with Gasteiger partial charge in [-0.05, 0) is 49.0 Å². The number of ether oxygens (including phenoxy) is 12. The molecule has 30 nitrogen and oxygen atoms in total. The molecule has 0 radical (unpaired) electrons. The molecule has 78 heavy (non-hydrogen) atoms.